The van der Waals surface area contributed by atoms with Crippen LogP contribution in [0.3, 0.4) is 0 Å². The van der Waals surface area contributed by atoms with E-state index in [2.05, 4.69) is 0 Å². The zero-order valence-electron chi connectivity index (χ0n) is 12.5. The second-order valence-corrected chi connectivity index (χ2v) is 5.55. The van der Waals surface area contributed by atoms with Crippen LogP contribution in [0, 0.1) is 0 Å². The summed E-state index contributed by atoms with van der Waals surface area (Å²) >= 11 is 0. The molecule has 0 radical (unpaired) electrons. The smallest absolute Gasteiger partial charge is 0.258 e. The van der Waals surface area contributed by atoms with Gasteiger partial charge in [-0.05, 0) is 40.8 Å². The normalized spacial score (nSPS) is 11.0. The molecule has 0 aliphatic heterocycles. The lowest BCUT2D eigenvalue weighted by atomic mass is 10.0. The van der Waals surface area contributed by atoms with Crippen LogP contribution in [-0.2, 0) is 6.54 Å². The zero-order valence-corrected chi connectivity index (χ0v) is 12.5. The van der Waals surface area contributed by atoms with Gasteiger partial charge < -0.3 is 8.98 Å². The van der Waals surface area contributed by atoms with Gasteiger partial charge in [0.05, 0.1) is 19.1 Å². The van der Waals surface area contributed by atoms with Crippen LogP contribution in [0.2, 0.25) is 0 Å². The third-order valence-corrected chi connectivity index (χ3v) is 4.03. The van der Waals surface area contributed by atoms with Crippen molar-refractivity contribution in [2.75, 3.05) is 0 Å². The predicted octanol–water partition coefficient (Wildman–Crippen LogP) is 4.31. The van der Waals surface area contributed by atoms with Gasteiger partial charge in [-0.25, -0.2) is 0 Å². The van der Waals surface area contributed by atoms with E-state index in [0.717, 1.165) is 27.5 Å². The first-order valence-electron chi connectivity index (χ1n) is 7.51. The van der Waals surface area contributed by atoms with Gasteiger partial charge in [0.25, 0.3) is 5.56 Å². The maximum atomic E-state index is 12.7. The Bertz CT molecular complexity index is 999. The summed E-state index contributed by atoms with van der Waals surface area (Å²) in [5, 5.41) is 1.67. The average Bonchev–Trinajstić information content (AvgIpc) is 3.13. The summed E-state index contributed by atoms with van der Waals surface area (Å²) in [4.78, 5) is 12.7. The summed E-state index contributed by atoms with van der Waals surface area (Å²) in [6, 6.07) is 19.8. The van der Waals surface area contributed by atoms with Crippen molar-refractivity contribution in [2.45, 2.75) is 6.54 Å². The quantitative estimate of drug-likeness (QED) is 0.565. The van der Waals surface area contributed by atoms with Crippen LogP contribution in [0.1, 0.15) is 5.56 Å². The van der Waals surface area contributed by atoms with E-state index in [1.54, 1.807) is 17.1 Å². The van der Waals surface area contributed by atoms with Crippen molar-refractivity contribution in [3.05, 3.63) is 95.3 Å². The fraction of sp³-hybridized carbons (Fsp3) is 0.0500. The first kappa shape index (κ1) is 13.6. The molecule has 23 heavy (non-hydrogen) atoms. The van der Waals surface area contributed by atoms with Gasteiger partial charge in [0, 0.05) is 17.1 Å². The number of rotatable bonds is 3. The summed E-state index contributed by atoms with van der Waals surface area (Å²) in [7, 11) is 0. The second kappa shape index (κ2) is 5.61. The van der Waals surface area contributed by atoms with Gasteiger partial charge in [0.15, 0.2) is 0 Å². The lowest BCUT2D eigenvalue weighted by Crippen LogP contribution is -2.19. The van der Waals surface area contributed by atoms with Gasteiger partial charge in [-0.1, -0.05) is 36.4 Å². The summed E-state index contributed by atoms with van der Waals surface area (Å²) in [5.74, 6) is 0. The number of pyridine rings is 1. The first-order valence-corrected chi connectivity index (χ1v) is 7.51. The van der Waals surface area contributed by atoms with Crippen molar-refractivity contribution in [1.82, 2.24) is 4.57 Å². The number of fused-ring (bicyclic) bond motifs is 1. The van der Waals surface area contributed by atoms with Crippen molar-refractivity contribution in [1.29, 1.82) is 0 Å². The molecule has 3 nitrogen and oxygen atoms in total. The number of benzene rings is 2. The summed E-state index contributed by atoms with van der Waals surface area (Å²) in [6.07, 6.45) is 5.21. The van der Waals surface area contributed by atoms with E-state index in [0.29, 0.717) is 6.54 Å². The highest BCUT2D eigenvalue weighted by Gasteiger charge is 2.06. The van der Waals surface area contributed by atoms with Crippen LogP contribution >= 0.6 is 0 Å². The minimum absolute atomic E-state index is 0.0325. The first-order chi connectivity index (χ1) is 11.3. The lowest BCUT2D eigenvalue weighted by molar-refractivity contribution is 0.568. The predicted molar refractivity (Wildman–Crippen MR) is 91.5 cm³/mol. The molecule has 0 atom stereocenters. The highest BCUT2D eigenvalue weighted by molar-refractivity contribution is 5.86. The van der Waals surface area contributed by atoms with Crippen molar-refractivity contribution in [2.24, 2.45) is 0 Å². The van der Waals surface area contributed by atoms with Crippen molar-refractivity contribution in [3.8, 4) is 11.1 Å². The molecule has 4 rings (SSSR count). The number of hydrogen-bond donors (Lipinski definition) is 0. The van der Waals surface area contributed by atoms with Gasteiger partial charge in [-0.15, -0.1) is 0 Å². The van der Waals surface area contributed by atoms with Crippen LogP contribution in [0.15, 0.2) is 88.6 Å². The molecule has 0 saturated heterocycles. The summed E-state index contributed by atoms with van der Waals surface area (Å²) in [6.45, 7) is 0.582. The molecule has 0 bridgehead atoms. The van der Waals surface area contributed by atoms with Gasteiger partial charge in [0.1, 0.15) is 0 Å². The molecule has 3 heteroatoms. The lowest BCUT2D eigenvalue weighted by Gasteiger charge is -2.08. The van der Waals surface area contributed by atoms with Crippen molar-refractivity contribution >= 4 is 10.8 Å². The molecule has 2 aromatic carbocycles. The Kier molecular flexibility index (Phi) is 3.31. The molecule has 0 N–H and O–H groups in total. The molecule has 0 fully saturated rings. The Balaban J connectivity index is 1.77. The van der Waals surface area contributed by atoms with Crippen LogP contribution in [0.4, 0.5) is 0 Å². The molecule has 2 heterocycles. The van der Waals surface area contributed by atoms with E-state index >= 15 is 0 Å². The topological polar surface area (TPSA) is 35.1 Å². The van der Waals surface area contributed by atoms with Gasteiger partial charge in [-0.2, -0.15) is 0 Å². The Morgan fingerprint density at radius 1 is 0.913 bits per heavy atom. The third kappa shape index (κ3) is 2.57. The minimum Gasteiger partial charge on any atom is -0.472 e. The molecular formula is C20H15NO2. The van der Waals surface area contributed by atoms with Crippen LogP contribution < -0.4 is 5.56 Å². The standard InChI is InChI=1S/C20H15NO2/c22-20-19-7-6-16(18-9-11-23-14-18)12-17(19)8-10-21(20)13-15-4-2-1-3-5-15/h1-12,14H,13H2. The van der Waals surface area contributed by atoms with Crippen molar-refractivity contribution < 1.29 is 4.42 Å². The Hall–Kier alpha value is -3.07. The zero-order chi connectivity index (χ0) is 15.6. The molecule has 0 spiro atoms. The van der Waals surface area contributed by atoms with Crippen LogP contribution in [-0.4, -0.2) is 4.57 Å². The Labute approximate surface area is 133 Å². The number of hydrogen-bond acceptors (Lipinski definition) is 2. The molecule has 0 amide bonds. The molecule has 112 valence electrons. The number of nitrogens with zero attached hydrogens (tertiary/aromatic N) is 1. The largest absolute Gasteiger partial charge is 0.472 e. The molecule has 0 aliphatic carbocycles. The number of furan rings is 1. The molecule has 4 aromatic rings. The van der Waals surface area contributed by atoms with E-state index in [1.165, 1.54) is 0 Å². The van der Waals surface area contributed by atoms with Crippen LogP contribution in [0.5, 0.6) is 0 Å². The van der Waals surface area contributed by atoms with E-state index in [4.69, 9.17) is 4.42 Å². The van der Waals surface area contributed by atoms with E-state index < -0.39 is 0 Å². The second-order valence-electron chi connectivity index (χ2n) is 5.55. The number of aromatic nitrogens is 1. The highest BCUT2D eigenvalue weighted by atomic mass is 16.3. The van der Waals surface area contributed by atoms with E-state index in [9.17, 15) is 4.79 Å². The molecule has 0 unspecified atom stereocenters. The monoisotopic (exact) mass is 301 g/mol. The third-order valence-electron chi connectivity index (χ3n) is 4.03. The fourth-order valence-electron chi connectivity index (χ4n) is 2.80. The molecule has 2 aromatic heterocycles. The van der Waals surface area contributed by atoms with E-state index in [1.807, 2.05) is 66.9 Å². The average molecular weight is 301 g/mol. The van der Waals surface area contributed by atoms with E-state index in [-0.39, 0.29) is 5.56 Å². The van der Waals surface area contributed by atoms with Gasteiger partial charge in [-0.3, -0.25) is 4.79 Å². The molecule has 0 saturated carbocycles. The Morgan fingerprint density at radius 3 is 2.57 bits per heavy atom. The molecular weight excluding hydrogens is 286 g/mol. The Morgan fingerprint density at radius 2 is 1.78 bits per heavy atom. The van der Waals surface area contributed by atoms with Crippen molar-refractivity contribution in [3.63, 3.8) is 0 Å². The SMILES string of the molecule is O=c1c2ccc(-c3ccoc3)cc2ccn1Cc1ccccc1. The molecule has 0 aliphatic rings. The fourth-order valence-corrected chi connectivity index (χ4v) is 2.80. The van der Waals surface area contributed by atoms with Gasteiger partial charge >= 0.3 is 0 Å². The highest BCUT2D eigenvalue weighted by Crippen LogP contribution is 2.23. The maximum Gasteiger partial charge on any atom is 0.258 e. The van der Waals surface area contributed by atoms with Gasteiger partial charge in [0.2, 0.25) is 0 Å². The maximum absolute atomic E-state index is 12.7. The minimum atomic E-state index is 0.0325. The van der Waals surface area contributed by atoms with Crippen LogP contribution in [0.25, 0.3) is 21.9 Å². The summed E-state index contributed by atoms with van der Waals surface area (Å²) in [5.41, 5.74) is 3.21. The summed E-state index contributed by atoms with van der Waals surface area (Å²) < 4.78 is 6.87.